The van der Waals surface area contributed by atoms with Gasteiger partial charge < -0.3 is 24.4 Å². The van der Waals surface area contributed by atoms with E-state index in [1.807, 2.05) is 19.2 Å². The molecule has 3 rings (SSSR count). The Morgan fingerprint density at radius 3 is 2.25 bits per heavy atom. The van der Waals surface area contributed by atoms with Crippen molar-refractivity contribution in [1.82, 2.24) is 20.1 Å². The van der Waals surface area contributed by atoms with Gasteiger partial charge in [-0.15, -0.1) is 35.3 Å². The van der Waals surface area contributed by atoms with Gasteiger partial charge in [0, 0.05) is 45.2 Å². The van der Waals surface area contributed by atoms with Crippen LogP contribution in [0.25, 0.3) is 0 Å². The molecule has 0 aliphatic carbocycles. The van der Waals surface area contributed by atoms with Crippen molar-refractivity contribution in [2.24, 2.45) is 4.99 Å². The van der Waals surface area contributed by atoms with E-state index in [1.165, 1.54) is 5.01 Å². The molecule has 1 saturated heterocycles. The van der Waals surface area contributed by atoms with Gasteiger partial charge in [0.25, 0.3) is 0 Å². The van der Waals surface area contributed by atoms with E-state index in [0.717, 1.165) is 56.4 Å². The summed E-state index contributed by atoms with van der Waals surface area (Å²) >= 11 is 1.72. The van der Waals surface area contributed by atoms with Gasteiger partial charge in [-0.05, 0) is 24.1 Å². The molecular formula is C22H34IN5O3S. The minimum absolute atomic E-state index is 0. The Hall–Kier alpha value is -1.79. The van der Waals surface area contributed by atoms with E-state index in [9.17, 15) is 0 Å². The summed E-state index contributed by atoms with van der Waals surface area (Å²) in [5, 5.41) is 6.75. The number of guanidine groups is 1. The Labute approximate surface area is 212 Å². The highest BCUT2D eigenvalue weighted by atomic mass is 127. The number of ether oxygens (including phenoxy) is 3. The molecule has 2 heterocycles. The molecule has 178 valence electrons. The van der Waals surface area contributed by atoms with E-state index in [-0.39, 0.29) is 24.0 Å². The number of aromatic nitrogens is 1. The lowest BCUT2D eigenvalue weighted by Crippen LogP contribution is -2.52. The Bertz CT molecular complexity index is 859. The first-order valence-corrected chi connectivity index (χ1v) is 11.4. The zero-order valence-electron chi connectivity index (χ0n) is 19.5. The molecule has 1 aromatic carbocycles. The number of thiazole rings is 1. The standard InChI is InChI=1S/C22H33N5O3S.HI/c1-6-20-25-17(15-31-20)13-24-22(23-2)27-9-7-26(8-10-27)14-16-11-18(28-3)21(30-5)19(12-16)29-4;/h11-12,15H,6-10,13-14H2,1-5H3,(H,23,24);1H. The van der Waals surface area contributed by atoms with Gasteiger partial charge in [-0.1, -0.05) is 6.92 Å². The number of nitrogens with zero attached hydrogens (tertiary/aromatic N) is 4. The van der Waals surface area contributed by atoms with Gasteiger partial charge in [0.05, 0.1) is 38.6 Å². The molecule has 1 aliphatic rings. The lowest BCUT2D eigenvalue weighted by molar-refractivity contribution is 0.172. The molecule has 1 fully saturated rings. The molecule has 1 aliphatic heterocycles. The third-order valence-corrected chi connectivity index (χ3v) is 6.39. The maximum Gasteiger partial charge on any atom is 0.203 e. The van der Waals surface area contributed by atoms with Gasteiger partial charge in [-0.3, -0.25) is 9.89 Å². The third-order valence-electron chi connectivity index (χ3n) is 5.34. The number of hydrogen-bond acceptors (Lipinski definition) is 7. The number of halogens is 1. The van der Waals surface area contributed by atoms with Crippen molar-refractivity contribution in [3.8, 4) is 17.2 Å². The van der Waals surface area contributed by atoms with Gasteiger partial charge >= 0.3 is 0 Å². The van der Waals surface area contributed by atoms with E-state index >= 15 is 0 Å². The number of aryl methyl sites for hydroxylation is 1. The minimum atomic E-state index is 0. The Kier molecular flexibility index (Phi) is 10.8. The maximum absolute atomic E-state index is 5.48. The highest BCUT2D eigenvalue weighted by molar-refractivity contribution is 14.0. The number of piperazine rings is 1. The van der Waals surface area contributed by atoms with Crippen molar-refractivity contribution >= 4 is 41.3 Å². The summed E-state index contributed by atoms with van der Waals surface area (Å²) < 4.78 is 16.4. The summed E-state index contributed by atoms with van der Waals surface area (Å²) in [7, 11) is 6.75. The van der Waals surface area contributed by atoms with Crippen LogP contribution in [0, 0.1) is 0 Å². The molecule has 0 spiro atoms. The largest absolute Gasteiger partial charge is 0.493 e. The number of rotatable bonds is 8. The molecule has 32 heavy (non-hydrogen) atoms. The van der Waals surface area contributed by atoms with Crippen LogP contribution in [0.5, 0.6) is 17.2 Å². The van der Waals surface area contributed by atoms with Crippen LogP contribution in [0.2, 0.25) is 0 Å². The summed E-state index contributed by atoms with van der Waals surface area (Å²) in [6.45, 7) is 7.40. The Balaban J connectivity index is 0.00000363. The smallest absolute Gasteiger partial charge is 0.203 e. The van der Waals surface area contributed by atoms with Crippen LogP contribution in [-0.4, -0.2) is 75.3 Å². The number of methoxy groups -OCH3 is 3. The van der Waals surface area contributed by atoms with E-state index in [0.29, 0.717) is 23.8 Å². The van der Waals surface area contributed by atoms with E-state index in [1.54, 1.807) is 32.7 Å². The summed E-state index contributed by atoms with van der Waals surface area (Å²) in [5.74, 6) is 2.93. The van der Waals surface area contributed by atoms with Crippen LogP contribution >= 0.6 is 35.3 Å². The average Bonchev–Trinajstić information content (AvgIpc) is 3.27. The lowest BCUT2D eigenvalue weighted by Gasteiger charge is -2.36. The predicted octanol–water partition coefficient (Wildman–Crippen LogP) is 3.24. The topological polar surface area (TPSA) is 71.5 Å². The van der Waals surface area contributed by atoms with Crippen molar-refractivity contribution < 1.29 is 14.2 Å². The van der Waals surface area contributed by atoms with E-state index in [4.69, 9.17) is 14.2 Å². The Morgan fingerprint density at radius 1 is 1.09 bits per heavy atom. The molecule has 1 N–H and O–H groups in total. The van der Waals surface area contributed by atoms with Gasteiger partial charge in [0.15, 0.2) is 17.5 Å². The highest BCUT2D eigenvalue weighted by Gasteiger charge is 2.21. The van der Waals surface area contributed by atoms with Crippen molar-refractivity contribution in [2.75, 3.05) is 54.6 Å². The molecule has 0 radical (unpaired) electrons. The normalized spacial score (nSPS) is 14.7. The van der Waals surface area contributed by atoms with Crippen molar-refractivity contribution in [1.29, 1.82) is 0 Å². The van der Waals surface area contributed by atoms with E-state index in [2.05, 4.69) is 37.4 Å². The molecule has 0 saturated carbocycles. The molecule has 0 bridgehead atoms. The first-order valence-electron chi connectivity index (χ1n) is 10.5. The average molecular weight is 576 g/mol. The fourth-order valence-electron chi connectivity index (χ4n) is 3.70. The second kappa shape index (κ2) is 13.0. The fraction of sp³-hybridized carbons (Fsp3) is 0.545. The molecule has 10 heteroatoms. The Morgan fingerprint density at radius 2 is 1.75 bits per heavy atom. The summed E-state index contributed by atoms with van der Waals surface area (Å²) in [4.78, 5) is 13.8. The van der Waals surface area contributed by atoms with Crippen molar-refractivity contribution in [3.05, 3.63) is 33.8 Å². The van der Waals surface area contributed by atoms with Gasteiger partial charge in [-0.2, -0.15) is 0 Å². The molecule has 0 atom stereocenters. The molecule has 2 aromatic rings. The number of hydrogen-bond donors (Lipinski definition) is 1. The second-order valence-corrected chi connectivity index (χ2v) is 8.23. The number of benzene rings is 1. The van der Waals surface area contributed by atoms with Crippen LogP contribution in [0.15, 0.2) is 22.5 Å². The molecule has 8 nitrogen and oxygen atoms in total. The first-order chi connectivity index (χ1) is 15.1. The summed E-state index contributed by atoms with van der Waals surface area (Å²) in [6.07, 6.45) is 0.979. The van der Waals surface area contributed by atoms with Crippen LogP contribution in [0.1, 0.15) is 23.2 Å². The maximum atomic E-state index is 5.48. The van der Waals surface area contributed by atoms with Crippen molar-refractivity contribution in [2.45, 2.75) is 26.4 Å². The predicted molar refractivity (Wildman–Crippen MR) is 140 cm³/mol. The van der Waals surface area contributed by atoms with Crippen LogP contribution in [0.3, 0.4) is 0 Å². The fourth-order valence-corrected chi connectivity index (χ4v) is 4.44. The zero-order valence-corrected chi connectivity index (χ0v) is 22.7. The first kappa shape index (κ1) is 26.5. The van der Waals surface area contributed by atoms with E-state index < -0.39 is 0 Å². The van der Waals surface area contributed by atoms with Crippen molar-refractivity contribution in [3.63, 3.8) is 0 Å². The van der Waals surface area contributed by atoms with Crippen LogP contribution in [0.4, 0.5) is 0 Å². The monoisotopic (exact) mass is 575 g/mol. The lowest BCUT2D eigenvalue weighted by atomic mass is 10.1. The number of nitrogens with one attached hydrogen (secondary N) is 1. The summed E-state index contributed by atoms with van der Waals surface area (Å²) in [6, 6.07) is 4.04. The van der Waals surface area contributed by atoms with Gasteiger partial charge in [0.2, 0.25) is 5.75 Å². The molecular weight excluding hydrogens is 541 g/mol. The summed E-state index contributed by atoms with van der Waals surface area (Å²) in [5.41, 5.74) is 2.21. The van der Waals surface area contributed by atoms with Crippen LogP contribution in [-0.2, 0) is 19.5 Å². The quantitative estimate of drug-likeness (QED) is 0.295. The molecule has 0 unspecified atom stereocenters. The minimum Gasteiger partial charge on any atom is -0.493 e. The zero-order chi connectivity index (χ0) is 22.2. The SMILES string of the molecule is CCc1nc(CNC(=NC)N2CCN(Cc3cc(OC)c(OC)c(OC)c3)CC2)cs1.I. The van der Waals surface area contributed by atoms with Crippen LogP contribution < -0.4 is 19.5 Å². The van der Waals surface area contributed by atoms with Gasteiger partial charge in [-0.25, -0.2) is 4.98 Å². The third kappa shape index (κ3) is 6.61. The molecule has 0 amide bonds. The second-order valence-electron chi connectivity index (χ2n) is 7.28. The molecule has 1 aromatic heterocycles. The number of aliphatic imine (C=N–C) groups is 1. The van der Waals surface area contributed by atoms with Gasteiger partial charge in [0.1, 0.15) is 0 Å². The highest BCUT2D eigenvalue weighted by Crippen LogP contribution is 2.38.